The Morgan fingerprint density at radius 1 is 1.21 bits per heavy atom. The highest BCUT2D eigenvalue weighted by Crippen LogP contribution is 2.36. The van der Waals surface area contributed by atoms with Gasteiger partial charge in [0.1, 0.15) is 0 Å². The Hall–Kier alpha value is -0.240. The van der Waals surface area contributed by atoms with E-state index in [1.807, 2.05) is 24.3 Å². The van der Waals surface area contributed by atoms with Crippen molar-refractivity contribution in [2.75, 3.05) is 0 Å². The maximum atomic E-state index is 6.11. The lowest BCUT2D eigenvalue weighted by Crippen LogP contribution is -2.26. The number of hydrogen-bond acceptors (Lipinski definition) is 1. The van der Waals surface area contributed by atoms with E-state index in [2.05, 4.69) is 0 Å². The largest absolute Gasteiger partial charge is 0.324 e. The molecule has 1 aromatic rings. The third kappa shape index (κ3) is 2.41. The molecule has 78 valence electrons. The molecule has 0 bridgehead atoms. The second kappa shape index (κ2) is 5.01. The third-order valence-corrected chi connectivity index (χ3v) is 3.16. The van der Waals surface area contributed by atoms with Crippen molar-refractivity contribution in [2.24, 2.45) is 11.7 Å². The minimum Gasteiger partial charge on any atom is -0.324 e. The van der Waals surface area contributed by atoms with Gasteiger partial charge in [-0.15, -0.1) is 12.4 Å². The first kappa shape index (κ1) is 11.8. The molecule has 1 aromatic carbocycles. The quantitative estimate of drug-likeness (QED) is 0.828. The summed E-state index contributed by atoms with van der Waals surface area (Å²) in [7, 11) is 0. The van der Waals surface area contributed by atoms with Gasteiger partial charge in [-0.3, -0.25) is 0 Å². The van der Waals surface area contributed by atoms with E-state index >= 15 is 0 Å². The molecule has 0 heterocycles. The number of rotatable bonds is 2. The first-order chi connectivity index (χ1) is 6.27. The van der Waals surface area contributed by atoms with Crippen molar-refractivity contribution >= 4 is 24.0 Å². The molecule has 1 nitrogen and oxygen atoms in total. The van der Waals surface area contributed by atoms with E-state index in [0.29, 0.717) is 5.92 Å². The molecule has 3 heteroatoms. The molecule has 1 aliphatic rings. The number of hydrogen-bond donors (Lipinski definition) is 1. The van der Waals surface area contributed by atoms with Gasteiger partial charge in [0, 0.05) is 11.1 Å². The van der Waals surface area contributed by atoms with Crippen molar-refractivity contribution in [3.63, 3.8) is 0 Å². The van der Waals surface area contributed by atoms with Crippen molar-refractivity contribution in [3.8, 4) is 0 Å². The maximum Gasteiger partial charge on any atom is 0.0406 e. The summed E-state index contributed by atoms with van der Waals surface area (Å²) < 4.78 is 0. The van der Waals surface area contributed by atoms with Gasteiger partial charge in [-0.2, -0.15) is 0 Å². The van der Waals surface area contributed by atoms with Crippen molar-refractivity contribution in [1.29, 1.82) is 0 Å². The molecule has 1 atom stereocenters. The van der Waals surface area contributed by atoms with Crippen molar-refractivity contribution in [2.45, 2.75) is 25.3 Å². The van der Waals surface area contributed by atoms with Crippen LogP contribution in [-0.2, 0) is 0 Å². The van der Waals surface area contributed by atoms with Crippen LogP contribution in [0.5, 0.6) is 0 Å². The van der Waals surface area contributed by atoms with E-state index in [1.165, 1.54) is 24.8 Å². The Labute approximate surface area is 96.0 Å². The van der Waals surface area contributed by atoms with E-state index in [0.717, 1.165) is 5.02 Å². The van der Waals surface area contributed by atoms with Crippen LogP contribution in [0.2, 0.25) is 5.02 Å². The number of benzene rings is 1. The molecule has 2 rings (SSSR count). The molecule has 0 aromatic heterocycles. The number of halogens is 2. The van der Waals surface area contributed by atoms with E-state index in [1.54, 1.807) is 0 Å². The van der Waals surface area contributed by atoms with Gasteiger partial charge in [0.15, 0.2) is 0 Å². The van der Waals surface area contributed by atoms with E-state index < -0.39 is 0 Å². The molecule has 2 N–H and O–H groups in total. The molecule has 0 radical (unpaired) electrons. The van der Waals surface area contributed by atoms with Crippen LogP contribution in [0.25, 0.3) is 0 Å². The highest BCUT2D eigenvalue weighted by atomic mass is 35.5. The Balaban J connectivity index is 0.000000980. The lowest BCUT2D eigenvalue weighted by molar-refractivity contribution is 0.264. The van der Waals surface area contributed by atoms with E-state index in [-0.39, 0.29) is 18.4 Å². The Kier molecular flexibility index (Phi) is 4.24. The Morgan fingerprint density at radius 3 is 2.21 bits per heavy atom. The molecule has 0 aliphatic heterocycles. The minimum absolute atomic E-state index is 0. The molecular formula is C11H15Cl2N. The zero-order valence-corrected chi connectivity index (χ0v) is 9.52. The Morgan fingerprint density at radius 2 is 1.79 bits per heavy atom. The second-order valence-electron chi connectivity index (χ2n) is 3.77. The van der Waals surface area contributed by atoms with Gasteiger partial charge in [-0.05, 0) is 36.5 Å². The van der Waals surface area contributed by atoms with Gasteiger partial charge >= 0.3 is 0 Å². The summed E-state index contributed by atoms with van der Waals surface area (Å²) in [5, 5.41) is 0.782. The first-order valence-corrected chi connectivity index (χ1v) is 5.16. The van der Waals surface area contributed by atoms with Crippen LogP contribution < -0.4 is 5.73 Å². The lowest BCUT2D eigenvalue weighted by Gasteiger charge is -2.31. The third-order valence-electron chi connectivity index (χ3n) is 2.91. The smallest absolute Gasteiger partial charge is 0.0406 e. The van der Waals surface area contributed by atoms with Crippen molar-refractivity contribution in [1.82, 2.24) is 0 Å². The van der Waals surface area contributed by atoms with Gasteiger partial charge < -0.3 is 5.73 Å². The first-order valence-electron chi connectivity index (χ1n) is 4.78. The summed E-state index contributed by atoms with van der Waals surface area (Å²) in [4.78, 5) is 0. The molecule has 1 saturated carbocycles. The summed E-state index contributed by atoms with van der Waals surface area (Å²) in [5.74, 6) is 0.696. The molecule has 0 amide bonds. The van der Waals surface area contributed by atoms with Crippen LogP contribution in [-0.4, -0.2) is 0 Å². The predicted octanol–water partition coefficient (Wildman–Crippen LogP) is 3.56. The van der Waals surface area contributed by atoms with Crippen molar-refractivity contribution in [3.05, 3.63) is 34.9 Å². The maximum absolute atomic E-state index is 6.11. The zero-order chi connectivity index (χ0) is 9.26. The fraction of sp³-hybridized carbons (Fsp3) is 0.455. The van der Waals surface area contributed by atoms with E-state index in [9.17, 15) is 0 Å². The van der Waals surface area contributed by atoms with Crippen LogP contribution >= 0.6 is 24.0 Å². The lowest BCUT2D eigenvalue weighted by atomic mass is 9.78. The van der Waals surface area contributed by atoms with Gasteiger partial charge in [-0.1, -0.05) is 30.2 Å². The van der Waals surface area contributed by atoms with Gasteiger partial charge in [-0.25, -0.2) is 0 Å². The average molecular weight is 232 g/mol. The van der Waals surface area contributed by atoms with Crippen LogP contribution in [0.4, 0.5) is 0 Å². The predicted molar refractivity (Wildman–Crippen MR) is 63.0 cm³/mol. The fourth-order valence-corrected chi connectivity index (χ4v) is 1.88. The zero-order valence-electron chi connectivity index (χ0n) is 7.95. The van der Waals surface area contributed by atoms with Crippen LogP contribution in [0.15, 0.2) is 24.3 Å². The van der Waals surface area contributed by atoms with Crippen molar-refractivity contribution < 1.29 is 0 Å². The molecule has 0 saturated heterocycles. The highest BCUT2D eigenvalue weighted by Gasteiger charge is 2.25. The van der Waals surface area contributed by atoms with Gasteiger partial charge in [0.25, 0.3) is 0 Å². The molecule has 14 heavy (non-hydrogen) atoms. The molecular weight excluding hydrogens is 217 g/mol. The molecule has 1 aliphatic carbocycles. The topological polar surface area (TPSA) is 26.0 Å². The Bertz CT molecular complexity index is 280. The number of nitrogens with two attached hydrogens (primary N) is 1. The summed E-state index contributed by atoms with van der Waals surface area (Å²) >= 11 is 5.80. The monoisotopic (exact) mass is 231 g/mol. The molecule has 1 unspecified atom stereocenters. The second-order valence-corrected chi connectivity index (χ2v) is 4.20. The van der Waals surface area contributed by atoms with Gasteiger partial charge in [0.05, 0.1) is 0 Å². The summed E-state index contributed by atoms with van der Waals surface area (Å²) in [6, 6.07) is 8.10. The molecule has 1 fully saturated rings. The summed E-state index contributed by atoms with van der Waals surface area (Å²) in [6.07, 6.45) is 3.90. The van der Waals surface area contributed by atoms with Crippen LogP contribution in [0, 0.1) is 5.92 Å². The standard InChI is InChI=1S/C11H14ClN.ClH/c12-10-6-4-9(5-7-10)11(13)8-2-1-3-8;/h4-8,11H,1-3,13H2;1H. The summed E-state index contributed by atoms with van der Waals surface area (Å²) in [5.41, 5.74) is 7.32. The van der Waals surface area contributed by atoms with Crippen LogP contribution in [0.3, 0.4) is 0 Å². The van der Waals surface area contributed by atoms with Gasteiger partial charge in [0.2, 0.25) is 0 Å². The minimum atomic E-state index is 0. The van der Waals surface area contributed by atoms with Crippen LogP contribution in [0.1, 0.15) is 30.9 Å². The fourth-order valence-electron chi connectivity index (χ4n) is 1.76. The highest BCUT2D eigenvalue weighted by molar-refractivity contribution is 6.30. The van der Waals surface area contributed by atoms with E-state index in [4.69, 9.17) is 17.3 Å². The average Bonchev–Trinajstić information content (AvgIpc) is 2.02. The summed E-state index contributed by atoms with van der Waals surface area (Å²) in [6.45, 7) is 0. The normalized spacial score (nSPS) is 18.1. The molecule has 0 spiro atoms. The SMILES string of the molecule is Cl.NC(c1ccc(Cl)cc1)C1CCC1.